The molecule has 0 aromatic heterocycles. The van der Waals surface area contributed by atoms with Gasteiger partial charge in [-0.25, -0.2) is 0 Å². The molecule has 0 radical (unpaired) electrons. The van der Waals surface area contributed by atoms with E-state index in [-0.39, 0.29) is 0 Å². The Morgan fingerprint density at radius 3 is 2.64 bits per heavy atom. The van der Waals surface area contributed by atoms with Gasteiger partial charge >= 0.3 is 0 Å². The predicted molar refractivity (Wildman–Crippen MR) is 64.5 cm³/mol. The molecule has 0 saturated carbocycles. The number of hydrogen-bond acceptors (Lipinski definition) is 0. The van der Waals surface area contributed by atoms with E-state index in [0.29, 0.717) is 0 Å². The lowest BCUT2D eigenvalue weighted by atomic mass is 9.99. The first-order valence-corrected chi connectivity index (χ1v) is 5.56. The first kappa shape index (κ1) is 11.0. The van der Waals surface area contributed by atoms with Crippen molar-refractivity contribution in [2.24, 2.45) is 0 Å². The zero-order chi connectivity index (χ0) is 10.4. The van der Waals surface area contributed by atoms with Crippen LogP contribution in [0.5, 0.6) is 0 Å². The highest BCUT2D eigenvalue weighted by molar-refractivity contribution is 5.52. The van der Waals surface area contributed by atoms with Crippen molar-refractivity contribution in [2.45, 2.75) is 39.5 Å². The molecule has 0 aliphatic carbocycles. The molecule has 0 unspecified atom stereocenters. The van der Waals surface area contributed by atoms with Gasteiger partial charge in [-0.05, 0) is 36.0 Å². The van der Waals surface area contributed by atoms with Crippen LogP contribution < -0.4 is 0 Å². The molecule has 0 spiro atoms. The molecule has 0 heterocycles. The minimum absolute atomic E-state index is 1.10. The van der Waals surface area contributed by atoms with E-state index >= 15 is 0 Å². The van der Waals surface area contributed by atoms with Crippen molar-refractivity contribution in [1.82, 2.24) is 0 Å². The molecule has 14 heavy (non-hydrogen) atoms. The zero-order valence-electron chi connectivity index (χ0n) is 9.34. The lowest BCUT2D eigenvalue weighted by Crippen LogP contribution is -1.91. The minimum Gasteiger partial charge on any atom is -0.0985 e. The van der Waals surface area contributed by atoms with Gasteiger partial charge in [-0.15, -0.1) is 0 Å². The van der Waals surface area contributed by atoms with Crippen LogP contribution in [0.2, 0.25) is 0 Å². The Labute approximate surface area is 87.7 Å². The Morgan fingerprint density at radius 1 is 1.29 bits per heavy atom. The maximum atomic E-state index is 3.83. The molecule has 1 aromatic rings. The van der Waals surface area contributed by atoms with Crippen LogP contribution in [0.25, 0.3) is 6.08 Å². The Bertz CT molecular complexity index is 297. The summed E-state index contributed by atoms with van der Waals surface area (Å²) in [6, 6.07) is 6.75. The molecule has 0 nitrogen and oxygen atoms in total. The van der Waals surface area contributed by atoms with E-state index in [1.807, 2.05) is 6.08 Å². The largest absolute Gasteiger partial charge is 0.0985 e. The van der Waals surface area contributed by atoms with Crippen LogP contribution >= 0.6 is 0 Å². The maximum Gasteiger partial charge on any atom is -0.0230 e. The molecule has 76 valence electrons. The van der Waals surface area contributed by atoms with E-state index in [0.717, 1.165) is 6.42 Å². The smallest absolute Gasteiger partial charge is 0.0230 e. The third-order valence-corrected chi connectivity index (χ3v) is 2.63. The average molecular weight is 188 g/mol. The van der Waals surface area contributed by atoms with Crippen molar-refractivity contribution in [3.8, 4) is 0 Å². The van der Waals surface area contributed by atoms with Gasteiger partial charge in [0.2, 0.25) is 0 Å². The quantitative estimate of drug-likeness (QED) is 0.648. The second kappa shape index (κ2) is 5.64. The van der Waals surface area contributed by atoms with Crippen molar-refractivity contribution in [1.29, 1.82) is 0 Å². The van der Waals surface area contributed by atoms with Crippen molar-refractivity contribution < 1.29 is 0 Å². The van der Waals surface area contributed by atoms with Gasteiger partial charge in [-0.3, -0.25) is 0 Å². The Kier molecular flexibility index (Phi) is 4.45. The number of unbranched alkanes of at least 4 members (excludes halogenated alkanes) is 1. The highest BCUT2D eigenvalue weighted by Crippen LogP contribution is 2.15. The van der Waals surface area contributed by atoms with Gasteiger partial charge in [0, 0.05) is 0 Å². The summed E-state index contributed by atoms with van der Waals surface area (Å²) in [5.74, 6) is 0. The molecular weight excluding hydrogens is 168 g/mol. The van der Waals surface area contributed by atoms with E-state index < -0.39 is 0 Å². The van der Waals surface area contributed by atoms with Crippen LogP contribution in [0, 0.1) is 0 Å². The van der Waals surface area contributed by atoms with Gasteiger partial charge in [0.05, 0.1) is 0 Å². The summed E-state index contributed by atoms with van der Waals surface area (Å²) in [5, 5.41) is 0. The van der Waals surface area contributed by atoms with Gasteiger partial charge in [0.25, 0.3) is 0 Å². The molecular formula is C14H20. The molecule has 0 bridgehead atoms. The third-order valence-electron chi connectivity index (χ3n) is 2.63. The molecule has 0 amide bonds. The SMILES string of the molecule is C=Cc1ccc(CCCC)cc1CC. The number of aryl methyl sites for hydroxylation is 2. The summed E-state index contributed by atoms with van der Waals surface area (Å²) in [5.41, 5.74) is 4.18. The van der Waals surface area contributed by atoms with Crippen molar-refractivity contribution >= 4 is 6.08 Å². The van der Waals surface area contributed by atoms with Crippen LogP contribution in [0.3, 0.4) is 0 Å². The topological polar surface area (TPSA) is 0 Å². The standard InChI is InChI=1S/C14H20/c1-4-7-8-12-9-10-13(5-2)14(6-3)11-12/h5,9-11H,2,4,6-8H2,1,3H3. The normalized spacial score (nSPS) is 10.1. The molecule has 0 saturated heterocycles. The van der Waals surface area contributed by atoms with Crippen LogP contribution in [-0.2, 0) is 12.8 Å². The molecule has 0 aliphatic rings. The van der Waals surface area contributed by atoms with Crippen LogP contribution in [-0.4, -0.2) is 0 Å². The highest BCUT2D eigenvalue weighted by Gasteiger charge is 1.99. The van der Waals surface area contributed by atoms with E-state index in [1.165, 1.54) is 36.0 Å². The Morgan fingerprint density at radius 2 is 2.07 bits per heavy atom. The molecule has 0 heteroatoms. The summed E-state index contributed by atoms with van der Waals surface area (Å²) in [6.45, 7) is 8.27. The monoisotopic (exact) mass is 188 g/mol. The predicted octanol–water partition coefficient (Wildman–Crippen LogP) is 4.23. The highest BCUT2D eigenvalue weighted by atomic mass is 14.0. The van der Waals surface area contributed by atoms with Gasteiger partial charge in [-0.2, -0.15) is 0 Å². The van der Waals surface area contributed by atoms with E-state index in [4.69, 9.17) is 0 Å². The number of hydrogen-bond donors (Lipinski definition) is 0. The fourth-order valence-corrected chi connectivity index (χ4v) is 1.70. The summed E-state index contributed by atoms with van der Waals surface area (Å²) < 4.78 is 0. The van der Waals surface area contributed by atoms with Crippen LogP contribution in [0.1, 0.15) is 43.4 Å². The Hall–Kier alpha value is -1.04. The van der Waals surface area contributed by atoms with Gasteiger partial charge < -0.3 is 0 Å². The molecule has 1 aromatic carbocycles. The summed E-state index contributed by atoms with van der Waals surface area (Å²) >= 11 is 0. The minimum atomic E-state index is 1.10. The first-order valence-electron chi connectivity index (χ1n) is 5.56. The molecule has 0 fully saturated rings. The van der Waals surface area contributed by atoms with E-state index in [2.05, 4.69) is 38.6 Å². The van der Waals surface area contributed by atoms with Crippen LogP contribution in [0.4, 0.5) is 0 Å². The fourth-order valence-electron chi connectivity index (χ4n) is 1.70. The Balaban J connectivity index is 2.84. The lowest BCUT2D eigenvalue weighted by Gasteiger charge is -2.06. The molecule has 0 aliphatic heterocycles. The van der Waals surface area contributed by atoms with Gasteiger partial charge in [0.15, 0.2) is 0 Å². The van der Waals surface area contributed by atoms with Gasteiger partial charge in [-0.1, -0.05) is 51.1 Å². The molecule has 1 rings (SSSR count). The van der Waals surface area contributed by atoms with Crippen molar-refractivity contribution in [3.63, 3.8) is 0 Å². The summed E-state index contributed by atoms with van der Waals surface area (Å²) in [7, 11) is 0. The second-order valence-electron chi connectivity index (χ2n) is 3.69. The lowest BCUT2D eigenvalue weighted by molar-refractivity contribution is 0.794. The fraction of sp³-hybridized carbons (Fsp3) is 0.429. The molecule has 0 N–H and O–H groups in total. The maximum absolute atomic E-state index is 3.83. The van der Waals surface area contributed by atoms with E-state index in [1.54, 1.807) is 0 Å². The summed E-state index contributed by atoms with van der Waals surface area (Å²) in [4.78, 5) is 0. The van der Waals surface area contributed by atoms with Gasteiger partial charge in [0.1, 0.15) is 0 Å². The van der Waals surface area contributed by atoms with Crippen LogP contribution in [0.15, 0.2) is 24.8 Å². The average Bonchev–Trinajstić information content (AvgIpc) is 2.25. The van der Waals surface area contributed by atoms with Crippen molar-refractivity contribution in [2.75, 3.05) is 0 Å². The van der Waals surface area contributed by atoms with Crippen molar-refractivity contribution in [3.05, 3.63) is 41.5 Å². The summed E-state index contributed by atoms with van der Waals surface area (Å²) in [6.07, 6.45) is 6.81. The molecule has 0 atom stereocenters. The zero-order valence-corrected chi connectivity index (χ0v) is 9.34. The van der Waals surface area contributed by atoms with E-state index in [9.17, 15) is 0 Å². The third kappa shape index (κ3) is 2.73. The number of rotatable bonds is 5. The number of benzene rings is 1. The second-order valence-corrected chi connectivity index (χ2v) is 3.69. The first-order chi connectivity index (χ1) is 6.81.